The summed E-state index contributed by atoms with van der Waals surface area (Å²) in [6.07, 6.45) is 3.36. The van der Waals surface area contributed by atoms with Crippen LogP contribution in [-0.2, 0) is 15.6 Å². The molecule has 1 N–H and O–H groups in total. The minimum absolute atomic E-state index is 0.0567. The highest BCUT2D eigenvalue weighted by Crippen LogP contribution is 2.18. The van der Waals surface area contributed by atoms with Crippen LogP contribution in [0.2, 0.25) is 0 Å². The Hall–Kier alpha value is -2.80. The smallest absolute Gasteiger partial charge is 0.180 e. The first kappa shape index (κ1) is 17.0. The van der Waals surface area contributed by atoms with Gasteiger partial charge in [0, 0.05) is 23.8 Å². The second-order valence-electron chi connectivity index (χ2n) is 5.48. The molecule has 128 valence electrons. The molecule has 1 aromatic carbocycles. The van der Waals surface area contributed by atoms with E-state index in [0.717, 1.165) is 11.3 Å². The van der Waals surface area contributed by atoms with Gasteiger partial charge in [-0.2, -0.15) is 0 Å². The van der Waals surface area contributed by atoms with Crippen LogP contribution < -0.4 is 5.32 Å². The van der Waals surface area contributed by atoms with Crippen LogP contribution in [0, 0.1) is 0 Å². The standard InChI is InChI=1S/C18H18N4O2S/c1-2-25(23,24)13-14-6-8-15(9-7-14)21-17-10-12-20-18(22-17)16-5-3-4-11-19-16/h3-12H,2,13H2,1H3,(H,20,21,22). The first-order valence-corrected chi connectivity index (χ1v) is 9.69. The van der Waals surface area contributed by atoms with Crippen LogP contribution in [0.15, 0.2) is 60.9 Å². The van der Waals surface area contributed by atoms with Crippen LogP contribution >= 0.6 is 0 Å². The molecule has 25 heavy (non-hydrogen) atoms. The molecular weight excluding hydrogens is 336 g/mol. The molecule has 6 nitrogen and oxygen atoms in total. The Morgan fingerprint density at radius 1 is 0.960 bits per heavy atom. The van der Waals surface area contributed by atoms with Crippen LogP contribution in [0.4, 0.5) is 11.5 Å². The van der Waals surface area contributed by atoms with Gasteiger partial charge in [-0.1, -0.05) is 25.1 Å². The second kappa shape index (κ2) is 7.40. The van der Waals surface area contributed by atoms with Crippen LogP contribution in [0.5, 0.6) is 0 Å². The van der Waals surface area contributed by atoms with Crippen LogP contribution in [0.25, 0.3) is 11.5 Å². The quantitative estimate of drug-likeness (QED) is 0.731. The lowest BCUT2D eigenvalue weighted by molar-refractivity contribution is 0.596. The van der Waals surface area contributed by atoms with E-state index >= 15 is 0 Å². The van der Waals surface area contributed by atoms with E-state index in [1.54, 1.807) is 37.5 Å². The van der Waals surface area contributed by atoms with E-state index in [4.69, 9.17) is 0 Å². The van der Waals surface area contributed by atoms with Crippen molar-refractivity contribution in [3.63, 3.8) is 0 Å². The first-order valence-electron chi connectivity index (χ1n) is 7.86. The molecule has 7 heteroatoms. The molecule has 0 aliphatic carbocycles. The Morgan fingerprint density at radius 2 is 1.76 bits per heavy atom. The Bertz CT molecular complexity index is 942. The van der Waals surface area contributed by atoms with Crippen LogP contribution in [0.3, 0.4) is 0 Å². The number of aromatic nitrogens is 3. The summed E-state index contributed by atoms with van der Waals surface area (Å²) in [5.41, 5.74) is 2.29. The molecule has 0 radical (unpaired) electrons. The zero-order chi connectivity index (χ0) is 17.7. The third kappa shape index (κ3) is 4.60. The summed E-state index contributed by atoms with van der Waals surface area (Å²) in [5, 5.41) is 3.19. The highest BCUT2D eigenvalue weighted by atomic mass is 32.2. The van der Waals surface area contributed by atoms with E-state index in [9.17, 15) is 8.42 Å². The molecule has 0 aliphatic heterocycles. The van der Waals surface area contributed by atoms with Crippen molar-refractivity contribution in [2.24, 2.45) is 0 Å². The number of anilines is 2. The Kier molecular flexibility index (Phi) is 5.04. The van der Waals surface area contributed by atoms with Crippen molar-refractivity contribution in [2.75, 3.05) is 11.1 Å². The lowest BCUT2D eigenvalue weighted by Crippen LogP contribution is -2.06. The summed E-state index contributed by atoms with van der Waals surface area (Å²) in [6, 6.07) is 14.6. The number of benzene rings is 1. The molecule has 0 bridgehead atoms. The van der Waals surface area contributed by atoms with Gasteiger partial charge in [-0.05, 0) is 35.9 Å². The predicted molar refractivity (Wildman–Crippen MR) is 98.2 cm³/mol. The highest BCUT2D eigenvalue weighted by Gasteiger charge is 2.09. The molecule has 3 aromatic rings. The molecule has 0 saturated heterocycles. The molecular formula is C18H18N4O2S. The third-order valence-electron chi connectivity index (χ3n) is 3.60. The summed E-state index contributed by atoms with van der Waals surface area (Å²) in [4.78, 5) is 12.9. The number of nitrogens with zero attached hydrogens (tertiary/aromatic N) is 3. The fourth-order valence-electron chi connectivity index (χ4n) is 2.23. The SMILES string of the molecule is CCS(=O)(=O)Cc1ccc(Nc2ccnc(-c3ccccn3)n2)cc1. The predicted octanol–water partition coefficient (Wildman–Crippen LogP) is 3.22. The molecule has 0 aliphatic rings. The summed E-state index contributed by atoms with van der Waals surface area (Å²) in [7, 11) is -3.03. The van der Waals surface area contributed by atoms with E-state index in [2.05, 4.69) is 20.3 Å². The van der Waals surface area contributed by atoms with Gasteiger partial charge in [0.25, 0.3) is 0 Å². The largest absolute Gasteiger partial charge is 0.340 e. The molecule has 0 saturated carbocycles. The highest BCUT2D eigenvalue weighted by molar-refractivity contribution is 7.90. The summed E-state index contributed by atoms with van der Waals surface area (Å²) in [5.74, 6) is 1.38. The zero-order valence-electron chi connectivity index (χ0n) is 13.8. The van der Waals surface area contributed by atoms with Gasteiger partial charge in [0.1, 0.15) is 11.5 Å². The monoisotopic (exact) mass is 354 g/mol. The Morgan fingerprint density at radius 3 is 2.44 bits per heavy atom. The van der Waals surface area contributed by atoms with Crippen molar-refractivity contribution in [1.82, 2.24) is 15.0 Å². The molecule has 0 amide bonds. The van der Waals surface area contributed by atoms with Gasteiger partial charge in [-0.25, -0.2) is 18.4 Å². The van der Waals surface area contributed by atoms with Crippen molar-refractivity contribution in [1.29, 1.82) is 0 Å². The molecule has 2 aromatic heterocycles. The Labute approximate surface area is 146 Å². The number of nitrogens with one attached hydrogen (secondary N) is 1. The van der Waals surface area contributed by atoms with Gasteiger partial charge in [-0.15, -0.1) is 0 Å². The minimum Gasteiger partial charge on any atom is -0.340 e. The van der Waals surface area contributed by atoms with Gasteiger partial charge in [-0.3, -0.25) is 4.98 Å². The molecule has 2 heterocycles. The third-order valence-corrected chi connectivity index (χ3v) is 5.26. The first-order chi connectivity index (χ1) is 12.1. The normalized spacial score (nSPS) is 11.2. The lowest BCUT2D eigenvalue weighted by atomic mass is 10.2. The van der Waals surface area contributed by atoms with E-state index in [1.807, 2.05) is 30.3 Å². The fourth-order valence-corrected chi connectivity index (χ4v) is 3.14. The zero-order valence-corrected chi connectivity index (χ0v) is 14.6. The minimum atomic E-state index is -3.03. The molecule has 0 atom stereocenters. The van der Waals surface area contributed by atoms with Gasteiger partial charge < -0.3 is 5.32 Å². The maximum atomic E-state index is 11.7. The van der Waals surface area contributed by atoms with Gasteiger partial charge >= 0.3 is 0 Å². The van der Waals surface area contributed by atoms with E-state index in [-0.39, 0.29) is 11.5 Å². The lowest BCUT2D eigenvalue weighted by Gasteiger charge is -2.08. The number of sulfone groups is 1. The van der Waals surface area contributed by atoms with Crippen LogP contribution in [0.1, 0.15) is 12.5 Å². The average Bonchev–Trinajstić information content (AvgIpc) is 2.64. The Balaban J connectivity index is 1.75. The van der Waals surface area contributed by atoms with Crippen molar-refractivity contribution in [3.8, 4) is 11.5 Å². The van der Waals surface area contributed by atoms with E-state index < -0.39 is 9.84 Å². The summed E-state index contributed by atoms with van der Waals surface area (Å²) < 4.78 is 23.4. The number of hydrogen-bond donors (Lipinski definition) is 1. The van der Waals surface area contributed by atoms with Gasteiger partial charge in [0.2, 0.25) is 0 Å². The van der Waals surface area contributed by atoms with Crippen LogP contribution in [-0.4, -0.2) is 29.1 Å². The maximum Gasteiger partial charge on any atom is 0.180 e. The molecule has 3 rings (SSSR count). The van der Waals surface area contributed by atoms with Gasteiger partial charge in [0.15, 0.2) is 15.7 Å². The van der Waals surface area contributed by atoms with E-state index in [1.165, 1.54) is 0 Å². The van der Waals surface area contributed by atoms with Gasteiger partial charge in [0.05, 0.1) is 5.75 Å². The molecule has 0 fully saturated rings. The maximum absolute atomic E-state index is 11.7. The number of hydrogen-bond acceptors (Lipinski definition) is 6. The number of rotatable bonds is 6. The summed E-state index contributed by atoms with van der Waals surface area (Å²) in [6.45, 7) is 1.65. The topological polar surface area (TPSA) is 84.8 Å². The molecule has 0 unspecified atom stereocenters. The second-order valence-corrected chi connectivity index (χ2v) is 7.83. The van der Waals surface area contributed by atoms with Crippen molar-refractivity contribution < 1.29 is 8.42 Å². The van der Waals surface area contributed by atoms with Crippen molar-refractivity contribution in [2.45, 2.75) is 12.7 Å². The van der Waals surface area contributed by atoms with E-state index in [0.29, 0.717) is 17.3 Å². The summed E-state index contributed by atoms with van der Waals surface area (Å²) >= 11 is 0. The van der Waals surface area contributed by atoms with Crippen molar-refractivity contribution >= 4 is 21.3 Å². The average molecular weight is 354 g/mol. The van der Waals surface area contributed by atoms with Crippen molar-refractivity contribution in [3.05, 3.63) is 66.5 Å². The number of pyridine rings is 1. The fraction of sp³-hybridized carbons (Fsp3) is 0.167. The molecule has 0 spiro atoms.